The highest BCUT2D eigenvalue weighted by Crippen LogP contribution is 2.23. The standard InChI is InChI=1S/C16H24N2OS.ClH/c1-11-4-5-12(2)15(8-11)20-10-16(19)18-14-6-7-17-13(3)9-14;/h4-5,8,13-14,17H,6-7,9-10H2,1-3H3,(H,18,19);1H. The third-order valence-corrected chi connectivity index (χ3v) is 4.85. The summed E-state index contributed by atoms with van der Waals surface area (Å²) in [6, 6.07) is 7.21. The van der Waals surface area contributed by atoms with Crippen LogP contribution in [-0.4, -0.2) is 30.3 Å². The van der Waals surface area contributed by atoms with Crippen LogP contribution in [0, 0.1) is 13.8 Å². The van der Waals surface area contributed by atoms with Gasteiger partial charge in [-0.25, -0.2) is 0 Å². The first-order valence-electron chi connectivity index (χ1n) is 7.27. The van der Waals surface area contributed by atoms with Gasteiger partial charge in [0.2, 0.25) is 5.91 Å². The smallest absolute Gasteiger partial charge is 0.230 e. The Bertz CT molecular complexity index is 481. The van der Waals surface area contributed by atoms with Crippen LogP contribution in [0.3, 0.4) is 0 Å². The van der Waals surface area contributed by atoms with E-state index in [0.717, 1.165) is 19.4 Å². The van der Waals surface area contributed by atoms with Crippen LogP contribution in [0.1, 0.15) is 30.9 Å². The minimum Gasteiger partial charge on any atom is -0.353 e. The Kier molecular flexibility index (Phi) is 7.57. The monoisotopic (exact) mass is 328 g/mol. The maximum Gasteiger partial charge on any atom is 0.230 e. The summed E-state index contributed by atoms with van der Waals surface area (Å²) in [5, 5.41) is 6.55. The number of benzene rings is 1. The first-order chi connectivity index (χ1) is 9.54. The van der Waals surface area contributed by atoms with Crippen LogP contribution in [0.4, 0.5) is 0 Å². The van der Waals surface area contributed by atoms with Gasteiger partial charge in [0.25, 0.3) is 0 Å². The van der Waals surface area contributed by atoms with E-state index >= 15 is 0 Å². The lowest BCUT2D eigenvalue weighted by molar-refractivity contribution is -0.119. The number of hydrogen-bond acceptors (Lipinski definition) is 3. The summed E-state index contributed by atoms with van der Waals surface area (Å²) < 4.78 is 0. The Labute approximate surface area is 138 Å². The Morgan fingerprint density at radius 2 is 2.19 bits per heavy atom. The summed E-state index contributed by atoms with van der Waals surface area (Å²) in [6.07, 6.45) is 2.06. The molecule has 2 atom stereocenters. The molecular weight excluding hydrogens is 304 g/mol. The van der Waals surface area contributed by atoms with Crippen molar-refractivity contribution in [1.82, 2.24) is 10.6 Å². The van der Waals surface area contributed by atoms with Crippen molar-refractivity contribution in [3.8, 4) is 0 Å². The van der Waals surface area contributed by atoms with Crippen molar-refractivity contribution in [2.24, 2.45) is 0 Å². The lowest BCUT2D eigenvalue weighted by atomic mass is 10.0. The summed E-state index contributed by atoms with van der Waals surface area (Å²) in [4.78, 5) is 13.2. The Morgan fingerprint density at radius 1 is 1.43 bits per heavy atom. The van der Waals surface area contributed by atoms with Crippen molar-refractivity contribution >= 4 is 30.1 Å². The number of thioether (sulfide) groups is 1. The molecule has 5 heteroatoms. The van der Waals surface area contributed by atoms with Gasteiger partial charge in [-0.3, -0.25) is 4.79 Å². The molecule has 1 saturated heterocycles. The molecule has 1 aliphatic rings. The molecule has 0 radical (unpaired) electrons. The van der Waals surface area contributed by atoms with Crippen LogP contribution in [-0.2, 0) is 4.79 Å². The number of halogens is 1. The molecule has 21 heavy (non-hydrogen) atoms. The van der Waals surface area contributed by atoms with Gasteiger partial charge in [-0.05, 0) is 51.8 Å². The van der Waals surface area contributed by atoms with Crippen molar-refractivity contribution in [1.29, 1.82) is 0 Å². The third-order valence-electron chi connectivity index (χ3n) is 3.69. The number of piperidine rings is 1. The minimum atomic E-state index is 0. The van der Waals surface area contributed by atoms with Crippen LogP contribution in [0.2, 0.25) is 0 Å². The van der Waals surface area contributed by atoms with Crippen LogP contribution in [0.25, 0.3) is 0 Å². The maximum atomic E-state index is 12.0. The molecule has 1 amide bonds. The zero-order valence-electron chi connectivity index (χ0n) is 12.9. The second-order valence-corrected chi connectivity index (χ2v) is 6.72. The zero-order valence-corrected chi connectivity index (χ0v) is 14.6. The van der Waals surface area contributed by atoms with E-state index in [2.05, 4.69) is 49.6 Å². The fourth-order valence-corrected chi connectivity index (χ4v) is 3.47. The van der Waals surface area contributed by atoms with Crippen molar-refractivity contribution in [3.63, 3.8) is 0 Å². The largest absolute Gasteiger partial charge is 0.353 e. The molecule has 1 fully saturated rings. The summed E-state index contributed by atoms with van der Waals surface area (Å²) in [5.41, 5.74) is 2.48. The molecule has 0 aliphatic carbocycles. The summed E-state index contributed by atoms with van der Waals surface area (Å²) in [6.45, 7) is 7.34. The SMILES string of the molecule is Cc1ccc(C)c(SCC(=O)NC2CCNC(C)C2)c1.Cl. The van der Waals surface area contributed by atoms with E-state index in [9.17, 15) is 4.79 Å². The topological polar surface area (TPSA) is 41.1 Å². The van der Waals surface area contributed by atoms with Crippen LogP contribution in [0.5, 0.6) is 0 Å². The highest BCUT2D eigenvalue weighted by atomic mass is 35.5. The van der Waals surface area contributed by atoms with Crippen LogP contribution < -0.4 is 10.6 Å². The fourth-order valence-electron chi connectivity index (χ4n) is 2.54. The third kappa shape index (κ3) is 5.89. The minimum absolute atomic E-state index is 0. The molecule has 0 spiro atoms. The highest BCUT2D eigenvalue weighted by Gasteiger charge is 2.19. The zero-order chi connectivity index (χ0) is 14.5. The van der Waals surface area contributed by atoms with Gasteiger partial charge in [0, 0.05) is 17.0 Å². The number of carbonyl (C=O) groups excluding carboxylic acids is 1. The molecule has 0 bridgehead atoms. The van der Waals surface area contributed by atoms with E-state index in [-0.39, 0.29) is 18.3 Å². The summed E-state index contributed by atoms with van der Waals surface area (Å²) >= 11 is 1.63. The van der Waals surface area contributed by atoms with E-state index in [1.54, 1.807) is 11.8 Å². The van der Waals surface area contributed by atoms with Gasteiger partial charge in [0.05, 0.1) is 5.75 Å². The Balaban J connectivity index is 0.00000220. The lowest BCUT2D eigenvalue weighted by Gasteiger charge is -2.28. The molecule has 1 aliphatic heterocycles. The van der Waals surface area contributed by atoms with Crippen molar-refractivity contribution in [3.05, 3.63) is 29.3 Å². The highest BCUT2D eigenvalue weighted by molar-refractivity contribution is 8.00. The van der Waals surface area contributed by atoms with Gasteiger partial charge in [0.15, 0.2) is 0 Å². The second kappa shape index (κ2) is 8.66. The average molecular weight is 329 g/mol. The van der Waals surface area contributed by atoms with E-state index in [4.69, 9.17) is 0 Å². The number of hydrogen-bond donors (Lipinski definition) is 2. The molecule has 2 rings (SSSR count). The predicted molar refractivity (Wildman–Crippen MR) is 92.5 cm³/mol. The molecule has 0 saturated carbocycles. The van der Waals surface area contributed by atoms with Crippen molar-refractivity contribution in [2.75, 3.05) is 12.3 Å². The number of rotatable bonds is 4. The molecule has 2 N–H and O–H groups in total. The molecular formula is C16H25ClN2OS. The molecule has 118 valence electrons. The van der Waals surface area contributed by atoms with E-state index < -0.39 is 0 Å². The number of nitrogens with one attached hydrogen (secondary N) is 2. The number of amides is 1. The van der Waals surface area contributed by atoms with Gasteiger partial charge < -0.3 is 10.6 Å². The Hall–Kier alpha value is -0.710. The first kappa shape index (κ1) is 18.3. The van der Waals surface area contributed by atoms with Gasteiger partial charge >= 0.3 is 0 Å². The molecule has 1 aromatic rings. The lowest BCUT2D eigenvalue weighted by Crippen LogP contribution is -2.47. The molecule has 3 nitrogen and oxygen atoms in total. The quantitative estimate of drug-likeness (QED) is 0.835. The molecule has 1 aromatic carbocycles. The fraction of sp³-hybridized carbons (Fsp3) is 0.562. The normalized spacial score (nSPS) is 21.5. The summed E-state index contributed by atoms with van der Waals surface area (Å²) in [7, 11) is 0. The average Bonchev–Trinajstić information content (AvgIpc) is 2.40. The number of aryl methyl sites for hydroxylation is 2. The van der Waals surface area contributed by atoms with E-state index in [1.165, 1.54) is 16.0 Å². The maximum absolute atomic E-state index is 12.0. The van der Waals surface area contributed by atoms with Gasteiger partial charge in [0.1, 0.15) is 0 Å². The first-order valence-corrected chi connectivity index (χ1v) is 8.26. The van der Waals surface area contributed by atoms with Crippen LogP contribution in [0.15, 0.2) is 23.1 Å². The van der Waals surface area contributed by atoms with Gasteiger partial charge in [-0.15, -0.1) is 24.2 Å². The van der Waals surface area contributed by atoms with Gasteiger partial charge in [-0.1, -0.05) is 17.7 Å². The van der Waals surface area contributed by atoms with Crippen molar-refractivity contribution in [2.45, 2.75) is 50.6 Å². The summed E-state index contributed by atoms with van der Waals surface area (Å²) in [5.74, 6) is 0.651. The van der Waals surface area contributed by atoms with Crippen LogP contribution >= 0.6 is 24.2 Å². The van der Waals surface area contributed by atoms with Crippen molar-refractivity contribution < 1.29 is 4.79 Å². The Morgan fingerprint density at radius 3 is 2.90 bits per heavy atom. The molecule has 1 heterocycles. The molecule has 2 unspecified atom stereocenters. The van der Waals surface area contributed by atoms with Gasteiger partial charge in [-0.2, -0.15) is 0 Å². The second-order valence-electron chi connectivity index (χ2n) is 5.70. The molecule has 0 aromatic heterocycles. The predicted octanol–water partition coefficient (Wildman–Crippen LogP) is 3.07. The van der Waals surface area contributed by atoms with E-state index in [1.807, 2.05) is 0 Å². The number of carbonyl (C=O) groups is 1. The van der Waals surface area contributed by atoms with E-state index in [0.29, 0.717) is 17.8 Å².